The highest BCUT2D eigenvalue weighted by molar-refractivity contribution is 6.39. The van der Waals surface area contributed by atoms with Gasteiger partial charge in [0.15, 0.2) is 6.61 Å². The minimum atomic E-state index is -3.07. The molecule has 0 radical (unpaired) electrons. The number of hydrogen-bond acceptors (Lipinski definition) is 5. The smallest absolute Gasteiger partial charge is 0.388 e. The second kappa shape index (κ2) is 8.75. The van der Waals surface area contributed by atoms with Crippen LogP contribution in [0, 0.1) is 0 Å². The number of benzene rings is 1. The third kappa shape index (κ3) is 4.69. The Morgan fingerprint density at radius 2 is 1.96 bits per heavy atom. The molecule has 0 spiro atoms. The molecule has 0 amide bonds. The van der Waals surface area contributed by atoms with Crippen molar-refractivity contribution in [2.45, 2.75) is 13.5 Å². The average Bonchev–Trinajstić information content (AvgIpc) is 2.82. The van der Waals surface area contributed by atoms with Gasteiger partial charge in [-0.05, 0) is 19.1 Å². The quantitative estimate of drug-likeness (QED) is 0.602. The summed E-state index contributed by atoms with van der Waals surface area (Å²) in [7, 11) is 1.38. The van der Waals surface area contributed by atoms with Gasteiger partial charge in [-0.1, -0.05) is 34.8 Å². The fourth-order valence-electron chi connectivity index (χ4n) is 2.03. The van der Waals surface area contributed by atoms with Crippen LogP contribution in [0.25, 0.3) is 11.3 Å². The molecule has 0 saturated heterocycles. The van der Waals surface area contributed by atoms with E-state index in [0.29, 0.717) is 0 Å². The molecule has 0 aliphatic rings. The predicted molar refractivity (Wildman–Crippen MR) is 92.4 cm³/mol. The van der Waals surface area contributed by atoms with Crippen LogP contribution in [0.2, 0.25) is 15.1 Å². The Labute approximate surface area is 162 Å². The summed E-state index contributed by atoms with van der Waals surface area (Å²) >= 11 is 18.3. The second-order valence-corrected chi connectivity index (χ2v) is 6.02. The molecule has 0 aliphatic carbocycles. The third-order valence-corrected chi connectivity index (χ3v) is 4.02. The van der Waals surface area contributed by atoms with E-state index in [2.05, 4.69) is 9.84 Å². The Kier molecular flexibility index (Phi) is 6.91. The zero-order chi connectivity index (χ0) is 19.4. The van der Waals surface area contributed by atoms with Crippen LogP contribution in [0.4, 0.5) is 8.78 Å². The van der Waals surface area contributed by atoms with Crippen molar-refractivity contribution in [1.29, 1.82) is 0 Å². The first-order valence-corrected chi connectivity index (χ1v) is 8.33. The van der Waals surface area contributed by atoms with E-state index in [1.54, 1.807) is 6.92 Å². The SMILES string of the molecule is CCOC(=O)COc1cc(-c2nn(C)c(OC(F)F)c2Cl)c(Cl)cc1Cl. The Morgan fingerprint density at radius 1 is 1.27 bits per heavy atom. The van der Waals surface area contributed by atoms with Gasteiger partial charge < -0.3 is 14.2 Å². The van der Waals surface area contributed by atoms with E-state index >= 15 is 0 Å². The van der Waals surface area contributed by atoms with Crippen LogP contribution in [0.5, 0.6) is 11.6 Å². The highest BCUT2D eigenvalue weighted by Gasteiger charge is 2.23. The molecule has 11 heteroatoms. The van der Waals surface area contributed by atoms with Gasteiger partial charge in [0.1, 0.15) is 16.5 Å². The van der Waals surface area contributed by atoms with Gasteiger partial charge in [0, 0.05) is 12.6 Å². The summed E-state index contributed by atoms with van der Waals surface area (Å²) in [5.74, 6) is -0.780. The maximum atomic E-state index is 12.5. The summed E-state index contributed by atoms with van der Waals surface area (Å²) in [4.78, 5) is 11.4. The van der Waals surface area contributed by atoms with Crippen LogP contribution >= 0.6 is 34.8 Å². The second-order valence-electron chi connectivity index (χ2n) is 4.83. The van der Waals surface area contributed by atoms with E-state index in [1.165, 1.54) is 19.2 Å². The van der Waals surface area contributed by atoms with Gasteiger partial charge >= 0.3 is 12.6 Å². The molecule has 0 bridgehead atoms. The molecule has 26 heavy (non-hydrogen) atoms. The number of rotatable bonds is 7. The van der Waals surface area contributed by atoms with Crippen molar-refractivity contribution < 1.29 is 27.8 Å². The maximum Gasteiger partial charge on any atom is 0.388 e. The molecule has 0 unspecified atom stereocenters. The summed E-state index contributed by atoms with van der Waals surface area (Å²) in [5.41, 5.74) is 0.354. The van der Waals surface area contributed by atoms with Gasteiger partial charge in [0.2, 0.25) is 5.88 Å². The Balaban J connectivity index is 2.38. The zero-order valence-corrected chi connectivity index (χ0v) is 15.8. The minimum Gasteiger partial charge on any atom is -0.480 e. The topological polar surface area (TPSA) is 62.6 Å². The van der Waals surface area contributed by atoms with Crippen molar-refractivity contribution in [1.82, 2.24) is 9.78 Å². The van der Waals surface area contributed by atoms with Gasteiger partial charge in [-0.25, -0.2) is 9.48 Å². The van der Waals surface area contributed by atoms with Crippen molar-refractivity contribution in [2.24, 2.45) is 7.05 Å². The largest absolute Gasteiger partial charge is 0.480 e. The predicted octanol–water partition coefficient (Wildman–Crippen LogP) is 4.59. The number of ether oxygens (including phenoxy) is 3. The molecule has 6 nitrogen and oxygen atoms in total. The van der Waals surface area contributed by atoms with Crippen molar-refractivity contribution in [2.75, 3.05) is 13.2 Å². The molecule has 142 valence electrons. The molecule has 0 atom stereocenters. The number of nitrogens with zero attached hydrogens (tertiary/aromatic N) is 2. The van der Waals surface area contributed by atoms with Crippen molar-refractivity contribution in [3.63, 3.8) is 0 Å². The molecular weight excluding hydrogens is 417 g/mol. The molecule has 0 aliphatic heterocycles. The zero-order valence-electron chi connectivity index (χ0n) is 13.6. The fraction of sp³-hybridized carbons (Fsp3) is 0.333. The van der Waals surface area contributed by atoms with Crippen molar-refractivity contribution >= 4 is 40.8 Å². The molecular formula is C15H13Cl3F2N2O4. The Morgan fingerprint density at radius 3 is 2.58 bits per heavy atom. The molecule has 2 rings (SSSR count). The van der Waals surface area contributed by atoms with E-state index in [-0.39, 0.29) is 51.2 Å². The number of halogens is 5. The van der Waals surface area contributed by atoms with Crippen LogP contribution in [0.1, 0.15) is 6.92 Å². The Bertz CT molecular complexity index is 815. The van der Waals surface area contributed by atoms with Gasteiger partial charge in [-0.2, -0.15) is 13.9 Å². The highest BCUT2D eigenvalue weighted by Crippen LogP contribution is 2.42. The summed E-state index contributed by atoms with van der Waals surface area (Å²) in [6, 6.07) is 2.75. The standard InChI is InChI=1S/C15H13Cl3F2N2O4/c1-3-24-11(23)6-25-10-4-7(8(16)5-9(10)17)13-12(18)14(22(2)21-13)26-15(19)20/h4-5,15H,3,6H2,1-2H3. The number of esters is 1. The maximum absolute atomic E-state index is 12.5. The first-order chi connectivity index (χ1) is 12.2. The van der Waals surface area contributed by atoms with Crippen LogP contribution in [0.15, 0.2) is 12.1 Å². The summed E-state index contributed by atoms with van der Waals surface area (Å²) in [6.07, 6.45) is 0. The number of carbonyl (C=O) groups excluding carboxylic acids is 1. The number of carbonyl (C=O) groups is 1. The molecule has 1 aromatic carbocycles. The third-order valence-electron chi connectivity index (χ3n) is 3.07. The molecule has 2 aromatic rings. The lowest BCUT2D eigenvalue weighted by Crippen LogP contribution is -2.14. The summed E-state index contributed by atoms with van der Waals surface area (Å²) in [6.45, 7) is -1.57. The van der Waals surface area contributed by atoms with Crippen molar-refractivity contribution in [3.8, 4) is 22.9 Å². The molecule has 0 N–H and O–H groups in total. The number of hydrogen-bond donors (Lipinski definition) is 0. The number of aromatic nitrogens is 2. The van der Waals surface area contributed by atoms with Crippen molar-refractivity contribution in [3.05, 3.63) is 27.2 Å². The van der Waals surface area contributed by atoms with Gasteiger partial charge in [0.25, 0.3) is 0 Å². The van der Waals surface area contributed by atoms with Crippen LogP contribution in [-0.4, -0.2) is 35.6 Å². The Hall–Kier alpha value is -1.77. The van der Waals surface area contributed by atoms with E-state index in [0.717, 1.165) is 4.68 Å². The van der Waals surface area contributed by atoms with E-state index in [4.69, 9.17) is 44.3 Å². The van der Waals surface area contributed by atoms with Crippen LogP contribution < -0.4 is 9.47 Å². The summed E-state index contributed by atoms with van der Waals surface area (Å²) < 4.78 is 40.5. The van der Waals surface area contributed by atoms with Crippen LogP contribution in [-0.2, 0) is 16.6 Å². The number of aryl methyl sites for hydroxylation is 1. The first-order valence-electron chi connectivity index (χ1n) is 7.19. The minimum absolute atomic E-state index is 0.0902. The average molecular weight is 430 g/mol. The van der Waals surface area contributed by atoms with Gasteiger partial charge in [0.05, 0.1) is 16.7 Å². The van der Waals surface area contributed by atoms with E-state index in [1.807, 2.05) is 0 Å². The number of alkyl halides is 2. The monoisotopic (exact) mass is 428 g/mol. The normalized spacial score (nSPS) is 10.9. The molecule has 0 saturated carbocycles. The fourth-order valence-corrected chi connectivity index (χ4v) is 2.86. The van der Waals surface area contributed by atoms with E-state index < -0.39 is 12.6 Å². The lowest BCUT2D eigenvalue weighted by molar-refractivity contribution is -0.145. The summed E-state index contributed by atoms with van der Waals surface area (Å²) in [5, 5.41) is 4.18. The highest BCUT2D eigenvalue weighted by atomic mass is 35.5. The van der Waals surface area contributed by atoms with E-state index in [9.17, 15) is 13.6 Å². The lowest BCUT2D eigenvalue weighted by atomic mass is 10.1. The molecule has 1 heterocycles. The first kappa shape index (κ1) is 20.5. The molecule has 1 aromatic heterocycles. The van der Waals surface area contributed by atoms with Gasteiger partial charge in [-0.15, -0.1) is 0 Å². The van der Waals surface area contributed by atoms with Crippen LogP contribution in [0.3, 0.4) is 0 Å². The lowest BCUT2D eigenvalue weighted by Gasteiger charge is -2.10. The van der Waals surface area contributed by atoms with Gasteiger partial charge in [-0.3, -0.25) is 0 Å². The molecule has 0 fully saturated rings.